The molecule has 3 fully saturated rings. The third-order valence-electron chi connectivity index (χ3n) is 5.14. The summed E-state index contributed by atoms with van der Waals surface area (Å²) in [5, 5.41) is 2.84. The first-order chi connectivity index (χ1) is 12.7. The molecule has 8 heteroatoms. The van der Waals surface area contributed by atoms with E-state index in [0.29, 0.717) is 23.0 Å². The Labute approximate surface area is 165 Å². The number of benzene rings is 1. The predicted molar refractivity (Wildman–Crippen MR) is 107 cm³/mol. The van der Waals surface area contributed by atoms with Gasteiger partial charge in [-0.3, -0.25) is 4.79 Å². The van der Waals surface area contributed by atoms with Gasteiger partial charge in [0.2, 0.25) is 5.95 Å². The van der Waals surface area contributed by atoms with Crippen molar-refractivity contribution in [3.05, 3.63) is 42.2 Å². The van der Waals surface area contributed by atoms with Crippen molar-refractivity contribution in [2.45, 2.75) is 18.9 Å². The average molecular weight is 390 g/mol. The first-order valence-electron chi connectivity index (χ1n) is 8.99. The Bertz CT molecular complexity index is 778. The molecule has 144 valence electrons. The summed E-state index contributed by atoms with van der Waals surface area (Å²) >= 11 is 0. The molecule has 1 N–H and O–H groups in total. The van der Waals surface area contributed by atoms with Crippen LogP contribution < -0.4 is 15.0 Å². The van der Waals surface area contributed by atoms with Crippen LogP contribution in [0.5, 0.6) is 5.75 Å². The maximum absolute atomic E-state index is 12.4. The Morgan fingerprint density at radius 2 is 1.89 bits per heavy atom. The summed E-state index contributed by atoms with van der Waals surface area (Å²) in [6.07, 6.45) is 5.69. The van der Waals surface area contributed by atoms with Gasteiger partial charge in [-0.15, -0.1) is 12.4 Å². The van der Waals surface area contributed by atoms with E-state index in [-0.39, 0.29) is 18.3 Å². The molecule has 1 aromatic heterocycles. The number of piperidine rings is 1. The number of anilines is 2. The van der Waals surface area contributed by atoms with Gasteiger partial charge in [-0.25, -0.2) is 9.97 Å². The third kappa shape index (κ3) is 4.31. The number of nitrogens with zero attached hydrogens (tertiary/aromatic N) is 4. The molecule has 3 aliphatic heterocycles. The van der Waals surface area contributed by atoms with Gasteiger partial charge in [-0.1, -0.05) is 6.07 Å². The second-order valence-corrected chi connectivity index (χ2v) is 6.72. The smallest absolute Gasteiger partial charge is 0.255 e. The van der Waals surface area contributed by atoms with Crippen LogP contribution in [0.2, 0.25) is 0 Å². The minimum absolute atomic E-state index is 0. The number of rotatable bonds is 4. The molecule has 1 amide bonds. The monoisotopic (exact) mass is 389 g/mol. The van der Waals surface area contributed by atoms with Crippen LogP contribution in [0.3, 0.4) is 0 Å². The summed E-state index contributed by atoms with van der Waals surface area (Å²) in [5.74, 6) is 1.19. The van der Waals surface area contributed by atoms with Crippen molar-refractivity contribution in [3.8, 4) is 5.75 Å². The summed E-state index contributed by atoms with van der Waals surface area (Å²) in [7, 11) is 1.58. The molecule has 0 saturated carbocycles. The molecule has 27 heavy (non-hydrogen) atoms. The lowest BCUT2D eigenvalue weighted by molar-refractivity contribution is 0.102. The second kappa shape index (κ2) is 8.54. The highest BCUT2D eigenvalue weighted by molar-refractivity contribution is 6.04. The number of hydrogen-bond acceptors (Lipinski definition) is 6. The van der Waals surface area contributed by atoms with E-state index in [2.05, 4.69) is 25.1 Å². The van der Waals surface area contributed by atoms with E-state index in [1.165, 1.54) is 0 Å². The minimum atomic E-state index is -0.207. The van der Waals surface area contributed by atoms with E-state index in [9.17, 15) is 4.79 Å². The Morgan fingerprint density at radius 3 is 2.59 bits per heavy atom. The second-order valence-electron chi connectivity index (χ2n) is 6.72. The van der Waals surface area contributed by atoms with Gasteiger partial charge in [0.15, 0.2) is 0 Å². The first kappa shape index (κ1) is 19.4. The van der Waals surface area contributed by atoms with Crippen LogP contribution in [0, 0.1) is 0 Å². The summed E-state index contributed by atoms with van der Waals surface area (Å²) in [6.45, 7) is 4.35. The van der Waals surface area contributed by atoms with E-state index >= 15 is 0 Å². The van der Waals surface area contributed by atoms with E-state index in [1.54, 1.807) is 43.8 Å². The lowest BCUT2D eigenvalue weighted by Gasteiger charge is -2.31. The maximum atomic E-state index is 12.4. The third-order valence-corrected chi connectivity index (χ3v) is 5.14. The largest absolute Gasteiger partial charge is 0.497 e. The molecule has 0 radical (unpaired) electrons. The number of aromatic nitrogens is 2. The molecule has 3 saturated heterocycles. The summed E-state index contributed by atoms with van der Waals surface area (Å²) in [6, 6.07) is 7.56. The van der Waals surface area contributed by atoms with Crippen molar-refractivity contribution in [2.24, 2.45) is 0 Å². The molecular weight excluding hydrogens is 366 g/mol. The van der Waals surface area contributed by atoms with Gasteiger partial charge in [-0.05, 0) is 31.0 Å². The zero-order chi connectivity index (χ0) is 17.9. The fourth-order valence-electron chi connectivity index (χ4n) is 3.65. The molecule has 2 bridgehead atoms. The highest BCUT2D eigenvalue weighted by atomic mass is 35.5. The van der Waals surface area contributed by atoms with Crippen LogP contribution in [0.15, 0.2) is 36.7 Å². The SMILES string of the molecule is COc1cccc(C(=O)Nc2cnc(N3CCN4CCC3CC4)nc2)c1.Cl. The van der Waals surface area contributed by atoms with Crippen LogP contribution in [0.4, 0.5) is 11.6 Å². The standard InChI is InChI=1S/C19H23N5O2.ClH/c1-26-17-4-2-3-14(11-17)18(25)22-15-12-20-19(21-13-15)24-10-9-23-7-5-16(24)6-8-23;/h2-4,11-13,16H,5-10H2,1H3,(H,22,25);1H. The van der Waals surface area contributed by atoms with Crippen LogP contribution in [0.1, 0.15) is 23.2 Å². The molecule has 2 aromatic rings. The quantitative estimate of drug-likeness (QED) is 0.866. The number of halogens is 1. The zero-order valence-electron chi connectivity index (χ0n) is 15.3. The Morgan fingerprint density at radius 1 is 1.15 bits per heavy atom. The number of amides is 1. The summed E-state index contributed by atoms with van der Waals surface area (Å²) < 4.78 is 5.16. The molecule has 0 aliphatic carbocycles. The van der Waals surface area contributed by atoms with Crippen molar-refractivity contribution < 1.29 is 9.53 Å². The number of fused-ring (bicyclic) bond motifs is 4. The average Bonchev–Trinajstić information content (AvgIpc) is 3.02. The van der Waals surface area contributed by atoms with Crippen molar-refractivity contribution in [2.75, 3.05) is 43.5 Å². The Balaban J connectivity index is 0.00000210. The van der Waals surface area contributed by atoms with Crippen molar-refractivity contribution in [3.63, 3.8) is 0 Å². The maximum Gasteiger partial charge on any atom is 0.255 e. The molecule has 0 spiro atoms. The number of nitrogens with one attached hydrogen (secondary N) is 1. The number of carbonyl (C=O) groups excluding carboxylic acids is 1. The molecule has 5 rings (SSSR count). The molecule has 0 unspecified atom stereocenters. The van der Waals surface area contributed by atoms with Crippen LogP contribution >= 0.6 is 12.4 Å². The Kier molecular flexibility index (Phi) is 6.13. The molecule has 0 atom stereocenters. The van der Waals surface area contributed by atoms with Crippen LogP contribution in [-0.2, 0) is 0 Å². The topological polar surface area (TPSA) is 70.6 Å². The summed E-state index contributed by atoms with van der Waals surface area (Å²) in [4.78, 5) is 26.2. The molecule has 4 heterocycles. The number of ether oxygens (including phenoxy) is 1. The van der Waals surface area contributed by atoms with E-state index in [1.807, 2.05) is 0 Å². The van der Waals surface area contributed by atoms with E-state index in [4.69, 9.17) is 4.74 Å². The first-order valence-corrected chi connectivity index (χ1v) is 8.99. The van der Waals surface area contributed by atoms with Gasteiger partial charge in [0, 0.05) is 37.8 Å². The van der Waals surface area contributed by atoms with Crippen LogP contribution in [-0.4, -0.2) is 60.1 Å². The number of methoxy groups -OCH3 is 1. The van der Waals surface area contributed by atoms with Gasteiger partial charge in [0.05, 0.1) is 25.2 Å². The normalized spacial score (nSPS) is 21.1. The Hall–Kier alpha value is -2.38. The molecule has 3 aliphatic rings. The highest BCUT2D eigenvalue weighted by Gasteiger charge is 2.30. The predicted octanol–water partition coefficient (Wildman–Crippen LogP) is 2.44. The summed E-state index contributed by atoms with van der Waals surface area (Å²) in [5.41, 5.74) is 1.12. The van der Waals surface area contributed by atoms with Crippen molar-refractivity contribution >= 4 is 29.9 Å². The highest BCUT2D eigenvalue weighted by Crippen LogP contribution is 2.24. The minimum Gasteiger partial charge on any atom is -0.497 e. The van der Waals surface area contributed by atoms with Gasteiger partial charge < -0.3 is 19.9 Å². The van der Waals surface area contributed by atoms with Gasteiger partial charge in [0.1, 0.15) is 5.75 Å². The van der Waals surface area contributed by atoms with Gasteiger partial charge in [-0.2, -0.15) is 0 Å². The van der Waals surface area contributed by atoms with Crippen molar-refractivity contribution in [1.29, 1.82) is 0 Å². The van der Waals surface area contributed by atoms with Crippen molar-refractivity contribution in [1.82, 2.24) is 14.9 Å². The number of carbonyl (C=O) groups is 1. The zero-order valence-corrected chi connectivity index (χ0v) is 16.1. The van der Waals surface area contributed by atoms with E-state index < -0.39 is 0 Å². The molecular formula is C19H24ClN5O2. The van der Waals surface area contributed by atoms with E-state index in [0.717, 1.165) is 45.0 Å². The lowest BCUT2D eigenvalue weighted by atomic mass is 10.1. The van der Waals surface area contributed by atoms with Crippen LogP contribution in [0.25, 0.3) is 0 Å². The van der Waals surface area contributed by atoms with Gasteiger partial charge >= 0.3 is 0 Å². The molecule has 7 nitrogen and oxygen atoms in total. The number of hydrogen-bond donors (Lipinski definition) is 1. The fraction of sp³-hybridized carbons (Fsp3) is 0.421. The fourth-order valence-corrected chi connectivity index (χ4v) is 3.65. The van der Waals surface area contributed by atoms with Gasteiger partial charge in [0.25, 0.3) is 5.91 Å². The lowest BCUT2D eigenvalue weighted by Crippen LogP contribution is -2.38. The molecule has 1 aromatic carbocycles.